The van der Waals surface area contributed by atoms with Crippen LogP contribution in [0.15, 0.2) is 42.6 Å². The lowest BCUT2D eigenvalue weighted by molar-refractivity contribution is 0.0761. The maximum absolute atomic E-state index is 13.2. The van der Waals surface area contributed by atoms with Crippen molar-refractivity contribution in [3.8, 4) is 11.4 Å². The molecule has 1 aliphatic rings. The Bertz CT molecular complexity index is 1010. The molecule has 3 heterocycles. The van der Waals surface area contributed by atoms with Crippen molar-refractivity contribution in [3.05, 3.63) is 65.5 Å². The summed E-state index contributed by atoms with van der Waals surface area (Å²) in [7, 11) is 0. The van der Waals surface area contributed by atoms with Crippen LogP contribution in [0.4, 0.5) is 10.1 Å². The average Bonchev–Trinajstić information content (AvgIpc) is 2.94. The van der Waals surface area contributed by atoms with Crippen molar-refractivity contribution in [1.29, 1.82) is 0 Å². The molecular weight excluding hydrogens is 369 g/mol. The number of aryl methyl sites for hydroxylation is 2. The molecule has 0 radical (unpaired) electrons. The molecule has 6 nitrogen and oxygen atoms in total. The summed E-state index contributed by atoms with van der Waals surface area (Å²) in [5.41, 5.74) is 4.03. The van der Waals surface area contributed by atoms with Crippen molar-refractivity contribution in [1.82, 2.24) is 19.9 Å². The SMILES string of the molecule is Cc1cc(N2CCCN(C(=O)c3nc(-c4ccc(F)cc4)[nH]c3C)CC2)ccn1. The topological polar surface area (TPSA) is 65.1 Å². The molecule has 4 rings (SSSR count). The lowest BCUT2D eigenvalue weighted by atomic mass is 10.2. The van der Waals surface area contributed by atoms with Gasteiger partial charge in [-0.25, -0.2) is 9.37 Å². The summed E-state index contributed by atoms with van der Waals surface area (Å²) in [6, 6.07) is 10.2. The van der Waals surface area contributed by atoms with Gasteiger partial charge in [0.2, 0.25) is 0 Å². The second-order valence-corrected chi connectivity index (χ2v) is 7.35. The number of aromatic amines is 1. The molecule has 1 fully saturated rings. The Morgan fingerprint density at radius 2 is 1.86 bits per heavy atom. The second-order valence-electron chi connectivity index (χ2n) is 7.35. The van der Waals surface area contributed by atoms with E-state index in [1.165, 1.54) is 12.1 Å². The minimum absolute atomic E-state index is 0.0696. The minimum Gasteiger partial charge on any atom is -0.370 e. The molecule has 0 aliphatic carbocycles. The van der Waals surface area contributed by atoms with Crippen molar-refractivity contribution in [2.75, 3.05) is 31.1 Å². The fraction of sp³-hybridized carbons (Fsp3) is 0.318. The number of nitrogens with one attached hydrogen (secondary N) is 1. The Labute approximate surface area is 169 Å². The van der Waals surface area contributed by atoms with Gasteiger partial charge in [0, 0.05) is 55.0 Å². The van der Waals surface area contributed by atoms with Crippen LogP contribution in [0.2, 0.25) is 0 Å². The molecule has 7 heteroatoms. The second kappa shape index (κ2) is 8.03. The highest BCUT2D eigenvalue weighted by Crippen LogP contribution is 2.21. The number of aromatic nitrogens is 3. The largest absolute Gasteiger partial charge is 0.370 e. The summed E-state index contributed by atoms with van der Waals surface area (Å²) in [4.78, 5) is 29.2. The van der Waals surface area contributed by atoms with Crippen LogP contribution >= 0.6 is 0 Å². The Balaban J connectivity index is 1.49. The molecule has 0 unspecified atom stereocenters. The van der Waals surface area contributed by atoms with Crippen LogP contribution in [0.1, 0.15) is 28.3 Å². The van der Waals surface area contributed by atoms with E-state index in [9.17, 15) is 9.18 Å². The smallest absolute Gasteiger partial charge is 0.274 e. The zero-order valence-electron chi connectivity index (χ0n) is 16.7. The first-order valence-electron chi connectivity index (χ1n) is 9.80. The molecule has 0 atom stereocenters. The van der Waals surface area contributed by atoms with Gasteiger partial charge in [-0.05, 0) is 56.7 Å². The van der Waals surface area contributed by atoms with Crippen LogP contribution < -0.4 is 4.90 Å². The summed E-state index contributed by atoms with van der Waals surface area (Å²) in [6.45, 7) is 6.82. The molecule has 150 valence electrons. The summed E-state index contributed by atoms with van der Waals surface area (Å²) in [5, 5.41) is 0. The first-order chi connectivity index (χ1) is 14.0. The molecule has 3 aromatic rings. The maximum atomic E-state index is 13.2. The third kappa shape index (κ3) is 4.13. The highest BCUT2D eigenvalue weighted by molar-refractivity contribution is 5.94. The summed E-state index contributed by atoms with van der Waals surface area (Å²) in [6.07, 6.45) is 2.71. The van der Waals surface area contributed by atoms with Crippen molar-refractivity contribution in [2.24, 2.45) is 0 Å². The Morgan fingerprint density at radius 1 is 1.07 bits per heavy atom. The molecule has 0 spiro atoms. The van der Waals surface area contributed by atoms with Crippen LogP contribution in [-0.4, -0.2) is 51.9 Å². The van der Waals surface area contributed by atoms with Gasteiger partial charge < -0.3 is 14.8 Å². The van der Waals surface area contributed by atoms with Gasteiger partial charge in [0.05, 0.1) is 0 Å². The normalized spacial score (nSPS) is 14.7. The number of H-pyrrole nitrogens is 1. The van der Waals surface area contributed by atoms with Crippen LogP contribution in [0.5, 0.6) is 0 Å². The molecule has 1 amide bonds. The average molecular weight is 393 g/mol. The van der Waals surface area contributed by atoms with Crippen LogP contribution in [-0.2, 0) is 0 Å². The van der Waals surface area contributed by atoms with Gasteiger partial charge in [0.25, 0.3) is 5.91 Å². The number of rotatable bonds is 3. The van der Waals surface area contributed by atoms with E-state index in [1.807, 2.05) is 31.0 Å². The monoisotopic (exact) mass is 393 g/mol. The standard InChI is InChI=1S/C22H24FN5O/c1-15-14-19(8-9-24-15)27-10-3-11-28(13-12-27)22(29)20-16(2)25-21(26-20)17-4-6-18(23)7-5-17/h4-9,14H,3,10-13H2,1-2H3,(H,25,26). The van der Waals surface area contributed by atoms with E-state index < -0.39 is 0 Å². The van der Waals surface area contributed by atoms with E-state index in [-0.39, 0.29) is 11.7 Å². The molecule has 0 saturated carbocycles. The third-order valence-electron chi connectivity index (χ3n) is 5.23. The van der Waals surface area contributed by atoms with Gasteiger partial charge in [0.15, 0.2) is 0 Å². The lowest BCUT2D eigenvalue weighted by Gasteiger charge is -2.23. The zero-order valence-corrected chi connectivity index (χ0v) is 16.7. The summed E-state index contributed by atoms with van der Waals surface area (Å²) >= 11 is 0. The van der Waals surface area contributed by atoms with Gasteiger partial charge in [-0.3, -0.25) is 9.78 Å². The van der Waals surface area contributed by atoms with E-state index >= 15 is 0 Å². The quantitative estimate of drug-likeness (QED) is 0.739. The number of carbonyl (C=O) groups is 1. The Hall–Kier alpha value is -3.22. The number of imidazole rings is 1. The fourth-order valence-corrected chi connectivity index (χ4v) is 3.67. The molecule has 1 N–H and O–H groups in total. The van der Waals surface area contributed by atoms with Crippen LogP contribution in [0.3, 0.4) is 0 Å². The van der Waals surface area contributed by atoms with E-state index in [0.717, 1.165) is 42.1 Å². The van der Waals surface area contributed by atoms with Gasteiger partial charge in [0.1, 0.15) is 17.3 Å². The molecule has 29 heavy (non-hydrogen) atoms. The molecule has 1 aromatic carbocycles. The molecule has 1 saturated heterocycles. The van der Waals surface area contributed by atoms with Gasteiger partial charge in [-0.15, -0.1) is 0 Å². The number of anilines is 1. The lowest BCUT2D eigenvalue weighted by Crippen LogP contribution is -2.35. The number of hydrogen-bond acceptors (Lipinski definition) is 4. The number of pyridine rings is 1. The first-order valence-corrected chi connectivity index (χ1v) is 9.80. The third-order valence-corrected chi connectivity index (χ3v) is 5.23. The molecule has 2 aromatic heterocycles. The van der Waals surface area contributed by atoms with Gasteiger partial charge in [-0.2, -0.15) is 0 Å². The molecular formula is C22H24FN5O. The van der Waals surface area contributed by atoms with Gasteiger partial charge >= 0.3 is 0 Å². The first kappa shape index (κ1) is 19.1. The van der Waals surface area contributed by atoms with E-state index in [0.29, 0.717) is 24.6 Å². The molecule has 1 aliphatic heterocycles. The minimum atomic E-state index is -0.299. The fourth-order valence-electron chi connectivity index (χ4n) is 3.67. The number of nitrogens with zero attached hydrogens (tertiary/aromatic N) is 4. The van der Waals surface area contributed by atoms with Crippen molar-refractivity contribution >= 4 is 11.6 Å². The van der Waals surface area contributed by atoms with Crippen molar-refractivity contribution in [3.63, 3.8) is 0 Å². The maximum Gasteiger partial charge on any atom is 0.274 e. The summed E-state index contributed by atoms with van der Waals surface area (Å²) < 4.78 is 13.2. The molecule has 0 bridgehead atoms. The van der Waals surface area contributed by atoms with Crippen molar-refractivity contribution < 1.29 is 9.18 Å². The van der Waals surface area contributed by atoms with E-state index in [2.05, 4.69) is 25.9 Å². The highest BCUT2D eigenvalue weighted by atomic mass is 19.1. The van der Waals surface area contributed by atoms with E-state index in [1.54, 1.807) is 12.1 Å². The van der Waals surface area contributed by atoms with Crippen LogP contribution in [0, 0.1) is 19.7 Å². The Morgan fingerprint density at radius 3 is 2.62 bits per heavy atom. The van der Waals surface area contributed by atoms with Crippen LogP contribution in [0.25, 0.3) is 11.4 Å². The van der Waals surface area contributed by atoms with E-state index in [4.69, 9.17) is 0 Å². The Kier molecular flexibility index (Phi) is 5.29. The predicted molar refractivity (Wildman–Crippen MR) is 110 cm³/mol. The zero-order chi connectivity index (χ0) is 20.4. The predicted octanol–water partition coefficient (Wildman–Crippen LogP) is 3.58. The highest BCUT2D eigenvalue weighted by Gasteiger charge is 2.24. The number of benzene rings is 1. The van der Waals surface area contributed by atoms with Gasteiger partial charge in [-0.1, -0.05) is 0 Å². The summed E-state index contributed by atoms with van der Waals surface area (Å²) in [5.74, 6) is 0.210. The number of amides is 1. The van der Waals surface area contributed by atoms with Crippen molar-refractivity contribution in [2.45, 2.75) is 20.3 Å². The number of halogens is 1. The number of carbonyl (C=O) groups excluding carboxylic acids is 1. The number of hydrogen-bond donors (Lipinski definition) is 1.